The summed E-state index contributed by atoms with van der Waals surface area (Å²) in [4.78, 5) is 3.90. The normalized spacial score (nSPS) is 20.3. The Morgan fingerprint density at radius 3 is 2.82 bits per heavy atom. The zero-order chi connectivity index (χ0) is 8.32. The number of sulfone groups is 1. The van der Waals surface area contributed by atoms with Gasteiger partial charge in [-0.2, -0.15) is 0 Å². The molecule has 0 aromatic carbocycles. The first-order valence-corrected chi connectivity index (χ1v) is 4.89. The molecule has 0 spiro atoms. The van der Waals surface area contributed by atoms with Gasteiger partial charge >= 0.3 is 0 Å². The van der Waals surface area contributed by atoms with Crippen LogP contribution in [0, 0.1) is 0 Å². The molecule has 0 aliphatic carbocycles. The maximum atomic E-state index is 11.0. The molecule has 1 aliphatic heterocycles. The summed E-state index contributed by atoms with van der Waals surface area (Å²) in [5.74, 6) is 0. The monoisotopic (exact) mass is 174 g/mol. The molecule has 0 atom stereocenters. The van der Waals surface area contributed by atoms with E-state index in [1.54, 1.807) is 0 Å². The van der Waals surface area contributed by atoms with Gasteiger partial charge in [-0.05, 0) is 6.54 Å². The van der Waals surface area contributed by atoms with E-state index in [1.165, 1.54) is 6.20 Å². The quantitative estimate of drug-likeness (QED) is 0.649. The second-order valence-electron chi connectivity index (χ2n) is 2.18. The minimum Gasteiger partial charge on any atom is -0.312 e. The van der Waals surface area contributed by atoms with Crippen molar-refractivity contribution in [1.82, 2.24) is 5.32 Å². The van der Waals surface area contributed by atoms with Crippen LogP contribution in [0.1, 0.15) is 6.92 Å². The smallest absolute Gasteiger partial charge is 0.215 e. The third-order valence-electron chi connectivity index (χ3n) is 1.33. The molecule has 0 aromatic heterocycles. The highest BCUT2D eigenvalue weighted by Crippen LogP contribution is 2.09. The predicted molar refractivity (Wildman–Crippen MR) is 44.0 cm³/mol. The fourth-order valence-electron chi connectivity index (χ4n) is 0.729. The Morgan fingerprint density at radius 2 is 2.36 bits per heavy atom. The lowest BCUT2D eigenvalue weighted by atomic mass is 10.5. The maximum absolute atomic E-state index is 11.0. The lowest BCUT2D eigenvalue weighted by molar-refractivity contribution is 0.611. The number of hydrogen-bond acceptors (Lipinski definition) is 4. The molecule has 4 nitrogen and oxygen atoms in total. The van der Waals surface area contributed by atoms with E-state index in [1.807, 2.05) is 6.92 Å². The summed E-state index contributed by atoms with van der Waals surface area (Å²) in [6.07, 6.45) is 1.37. The topological polar surface area (TPSA) is 58.5 Å². The lowest BCUT2D eigenvalue weighted by Crippen LogP contribution is -2.19. The van der Waals surface area contributed by atoms with Crippen LogP contribution < -0.4 is 5.32 Å². The molecule has 1 aliphatic rings. The van der Waals surface area contributed by atoms with Crippen molar-refractivity contribution < 1.29 is 8.42 Å². The van der Waals surface area contributed by atoms with E-state index in [-0.39, 0.29) is 0 Å². The highest BCUT2D eigenvalue weighted by atomic mass is 32.2. The van der Waals surface area contributed by atoms with E-state index in [4.69, 9.17) is 0 Å². The number of nitrogens with one attached hydrogen (secondary N) is 1. The average Bonchev–Trinajstić information content (AvgIpc) is 2.25. The Bertz CT molecular complexity index is 290. The van der Waals surface area contributed by atoms with Gasteiger partial charge in [0.2, 0.25) is 9.84 Å². The van der Waals surface area contributed by atoms with Gasteiger partial charge in [0, 0.05) is 12.7 Å². The van der Waals surface area contributed by atoms with Gasteiger partial charge in [0.15, 0.2) is 0 Å². The van der Waals surface area contributed by atoms with Gasteiger partial charge in [0.1, 0.15) is 5.55 Å². The highest BCUT2D eigenvalue weighted by molar-refractivity contribution is 8.08. The Kier molecular flexibility index (Phi) is 2.41. The minimum absolute atomic E-state index is 0.347. The second-order valence-corrected chi connectivity index (χ2v) is 4.00. The Morgan fingerprint density at radius 1 is 1.64 bits per heavy atom. The zero-order valence-corrected chi connectivity index (χ0v) is 7.06. The molecule has 0 aromatic rings. The molecule has 0 saturated heterocycles. The van der Waals surface area contributed by atoms with E-state index in [9.17, 15) is 8.42 Å². The molecule has 0 amide bonds. The molecule has 0 unspecified atom stereocenters. The van der Waals surface area contributed by atoms with Gasteiger partial charge in [-0.3, -0.25) is 4.99 Å². The van der Waals surface area contributed by atoms with Crippen molar-refractivity contribution in [1.29, 1.82) is 0 Å². The Labute approximate surface area is 65.9 Å². The summed E-state index contributed by atoms with van der Waals surface area (Å²) in [5.41, 5.74) is 0.972. The number of rotatable bonds is 3. The number of nitrogens with zero attached hydrogens (tertiary/aromatic N) is 1. The zero-order valence-electron chi connectivity index (χ0n) is 6.24. The van der Waals surface area contributed by atoms with Crippen LogP contribution >= 0.6 is 0 Å². The summed E-state index contributed by atoms with van der Waals surface area (Å²) in [5, 5.41) is 2.92. The summed E-state index contributed by atoms with van der Waals surface area (Å²) in [6.45, 7) is 3.05. The third kappa shape index (κ3) is 1.87. The molecule has 5 heteroatoms. The fourth-order valence-corrected chi connectivity index (χ4v) is 1.60. The molecule has 0 saturated carbocycles. The number of aliphatic imine (C=N–C) groups is 1. The van der Waals surface area contributed by atoms with Gasteiger partial charge < -0.3 is 5.32 Å². The Balaban J connectivity index is 2.63. The van der Waals surface area contributed by atoms with E-state index >= 15 is 0 Å². The van der Waals surface area contributed by atoms with E-state index in [0.717, 1.165) is 12.1 Å². The van der Waals surface area contributed by atoms with Crippen molar-refractivity contribution in [2.24, 2.45) is 4.99 Å². The summed E-state index contributed by atoms with van der Waals surface area (Å²) in [6, 6.07) is 0. The third-order valence-corrected chi connectivity index (χ3v) is 2.71. The molecule has 1 rings (SSSR count). The maximum Gasteiger partial charge on any atom is 0.215 e. The van der Waals surface area contributed by atoms with Crippen LogP contribution in [0.25, 0.3) is 0 Å². The second kappa shape index (κ2) is 3.15. The van der Waals surface area contributed by atoms with Gasteiger partial charge in [0.05, 0.1) is 4.91 Å². The summed E-state index contributed by atoms with van der Waals surface area (Å²) >= 11 is 0. The molecule has 1 heterocycles. The SMILES string of the molecule is CCNCC1=CN=CS1(=O)=O. The molecular weight excluding hydrogens is 164 g/mol. The molecular formula is C6H10N2O2S. The average molecular weight is 174 g/mol. The highest BCUT2D eigenvalue weighted by Gasteiger charge is 2.17. The van der Waals surface area contributed by atoms with Crippen molar-refractivity contribution in [3.8, 4) is 0 Å². The Hall–Kier alpha value is -0.680. The molecule has 11 heavy (non-hydrogen) atoms. The number of likely N-dealkylation sites (N-methyl/N-ethyl adjacent to an activating group) is 1. The van der Waals surface area contributed by atoms with Crippen LogP contribution in [0.4, 0.5) is 0 Å². The van der Waals surface area contributed by atoms with E-state index in [2.05, 4.69) is 10.3 Å². The summed E-state index contributed by atoms with van der Waals surface area (Å²) < 4.78 is 22.0. The molecule has 1 N–H and O–H groups in total. The van der Waals surface area contributed by atoms with E-state index in [0.29, 0.717) is 11.4 Å². The molecule has 0 radical (unpaired) electrons. The first kappa shape index (κ1) is 8.42. The standard InChI is InChI=1S/C6H10N2O2S/c1-2-7-3-6-4-8-5-11(6,9)10/h4-5,7H,2-3H2,1H3. The van der Waals surface area contributed by atoms with Crippen LogP contribution in [0.15, 0.2) is 16.1 Å². The van der Waals surface area contributed by atoms with Crippen molar-refractivity contribution in [2.45, 2.75) is 6.92 Å². The first-order valence-electron chi connectivity index (χ1n) is 3.35. The molecule has 0 fully saturated rings. The molecule has 62 valence electrons. The lowest BCUT2D eigenvalue weighted by Gasteiger charge is -1.99. The fraction of sp³-hybridized carbons (Fsp3) is 0.500. The van der Waals surface area contributed by atoms with Gasteiger partial charge in [-0.1, -0.05) is 6.92 Å². The van der Waals surface area contributed by atoms with Crippen molar-refractivity contribution in [3.63, 3.8) is 0 Å². The van der Waals surface area contributed by atoms with Gasteiger partial charge in [-0.25, -0.2) is 8.42 Å². The van der Waals surface area contributed by atoms with Gasteiger partial charge in [0.25, 0.3) is 0 Å². The predicted octanol–water partition coefficient (Wildman–Crippen LogP) is -0.106. The van der Waals surface area contributed by atoms with Crippen molar-refractivity contribution in [2.75, 3.05) is 13.1 Å². The largest absolute Gasteiger partial charge is 0.312 e. The van der Waals surface area contributed by atoms with Crippen LogP contribution in [-0.4, -0.2) is 27.1 Å². The van der Waals surface area contributed by atoms with Crippen LogP contribution in [-0.2, 0) is 9.84 Å². The molecule has 0 bridgehead atoms. The van der Waals surface area contributed by atoms with Crippen LogP contribution in [0.5, 0.6) is 0 Å². The number of hydrogen-bond donors (Lipinski definition) is 1. The van der Waals surface area contributed by atoms with Crippen LogP contribution in [0.2, 0.25) is 0 Å². The van der Waals surface area contributed by atoms with Gasteiger partial charge in [-0.15, -0.1) is 0 Å². The van der Waals surface area contributed by atoms with Crippen molar-refractivity contribution in [3.05, 3.63) is 11.1 Å². The van der Waals surface area contributed by atoms with Crippen LogP contribution in [0.3, 0.4) is 0 Å². The van der Waals surface area contributed by atoms with Crippen molar-refractivity contribution >= 4 is 15.4 Å². The summed E-state index contributed by atoms with van der Waals surface area (Å²) in [7, 11) is -3.15. The minimum atomic E-state index is -3.15. The van der Waals surface area contributed by atoms with E-state index < -0.39 is 9.84 Å². The first-order chi connectivity index (χ1) is 5.17.